The Morgan fingerprint density at radius 1 is 1.30 bits per heavy atom. The predicted octanol–water partition coefficient (Wildman–Crippen LogP) is 1.72. The van der Waals surface area contributed by atoms with Crippen molar-refractivity contribution in [2.24, 2.45) is 5.10 Å². The lowest BCUT2D eigenvalue weighted by Crippen LogP contribution is -2.23. The van der Waals surface area contributed by atoms with Gasteiger partial charge in [0.15, 0.2) is 0 Å². The largest absolute Gasteiger partial charge is 0.417 e. The van der Waals surface area contributed by atoms with Crippen LogP contribution in [0.3, 0.4) is 0 Å². The van der Waals surface area contributed by atoms with Crippen LogP contribution in [-0.2, 0) is 17.4 Å². The van der Waals surface area contributed by atoms with E-state index in [1.807, 2.05) is 0 Å². The minimum atomic E-state index is -4.51. The summed E-state index contributed by atoms with van der Waals surface area (Å²) in [5, 5.41) is 8.40. The molecule has 6 nitrogen and oxygen atoms in total. The zero-order valence-corrected chi connectivity index (χ0v) is 12.0. The number of aryl methyl sites for hydroxylation is 1. The van der Waals surface area contributed by atoms with E-state index in [-0.39, 0.29) is 17.5 Å². The summed E-state index contributed by atoms with van der Waals surface area (Å²) >= 11 is 0. The van der Waals surface area contributed by atoms with E-state index in [4.69, 9.17) is 0 Å². The second-order valence-corrected chi connectivity index (χ2v) is 4.74. The molecule has 0 spiro atoms. The predicted molar refractivity (Wildman–Crippen MR) is 77.0 cm³/mol. The van der Waals surface area contributed by atoms with E-state index in [0.717, 1.165) is 12.3 Å². The van der Waals surface area contributed by atoms with Crippen LogP contribution < -0.4 is 11.0 Å². The molecule has 0 atom stereocenters. The maximum absolute atomic E-state index is 12.8. The van der Waals surface area contributed by atoms with E-state index in [1.165, 1.54) is 18.2 Å². The highest BCUT2D eigenvalue weighted by Gasteiger charge is 2.32. The first-order valence-electron chi connectivity index (χ1n) is 6.53. The molecule has 0 aliphatic carbocycles. The van der Waals surface area contributed by atoms with Crippen LogP contribution in [0.1, 0.15) is 22.4 Å². The van der Waals surface area contributed by atoms with E-state index in [0.29, 0.717) is 5.69 Å². The molecule has 23 heavy (non-hydrogen) atoms. The topological polar surface area (TPSA) is 90.1 Å². The first-order valence-corrected chi connectivity index (χ1v) is 6.53. The molecule has 2 rings (SSSR count). The third kappa shape index (κ3) is 4.09. The van der Waals surface area contributed by atoms with Crippen molar-refractivity contribution < 1.29 is 18.0 Å². The van der Waals surface area contributed by atoms with Crippen molar-refractivity contribution >= 4 is 12.1 Å². The highest BCUT2D eigenvalue weighted by atomic mass is 19.4. The van der Waals surface area contributed by atoms with Gasteiger partial charge in [0.25, 0.3) is 5.56 Å². The number of hydrogen-bond donors (Lipinski definition) is 3. The van der Waals surface area contributed by atoms with Crippen LogP contribution in [0.25, 0.3) is 0 Å². The van der Waals surface area contributed by atoms with E-state index in [1.54, 1.807) is 6.92 Å². The van der Waals surface area contributed by atoms with E-state index < -0.39 is 23.2 Å². The summed E-state index contributed by atoms with van der Waals surface area (Å²) in [6, 6.07) is 4.85. The fourth-order valence-electron chi connectivity index (χ4n) is 1.93. The molecule has 0 unspecified atom stereocenters. The monoisotopic (exact) mass is 326 g/mol. The number of rotatable bonds is 4. The molecule has 1 amide bonds. The Morgan fingerprint density at radius 2 is 2.00 bits per heavy atom. The van der Waals surface area contributed by atoms with Crippen molar-refractivity contribution in [2.75, 3.05) is 0 Å². The molecule has 2 aromatic rings. The number of alkyl halides is 3. The Bertz CT molecular complexity index is 790. The molecule has 1 heterocycles. The third-order valence-corrected chi connectivity index (χ3v) is 3.09. The molecular formula is C14H13F3N4O2. The van der Waals surface area contributed by atoms with Crippen molar-refractivity contribution in [1.82, 2.24) is 15.6 Å². The van der Waals surface area contributed by atoms with Gasteiger partial charge in [-0.15, -0.1) is 0 Å². The second kappa shape index (κ2) is 6.51. The van der Waals surface area contributed by atoms with Crippen molar-refractivity contribution in [1.29, 1.82) is 0 Å². The van der Waals surface area contributed by atoms with Crippen LogP contribution in [0.5, 0.6) is 0 Å². The van der Waals surface area contributed by atoms with Gasteiger partial charge in [-0.05, 0) is 13.0 Å². The minimum Gasteiger partial charge on any atom is -0.302 e. The number of nitrogens with one attached hydrogen (secondary N) is 3. The quantitative estimate of drug-likeness (QED) is 0.590. The molecule has 3 N–H and O–H groups in total. The molecule has 1 aromatic carbocycles. The molecule has 0 aliphatic heterocycles. The summed E-state index contributed by atoms with van der Waals surface area (Å²) in [7, 11) is 0. The standard InChI is InChI=1S/C14H13F3N4O2/c1-8-10(13(23)21-19-8)6-12(22)20-18-7-9-4-2-3-5-11(9)14(15,16)17/h2-5,7H,6H2,1H3,(H,20,22)(H2,19,21,23)/b18-7-. The lowest BCUT2D eigenvalue weighted by Gasteiger charge is -2.09. The number of aromatic nitrogens is 2. The van der Waals surface area contributed by atoms with Crippen LogP contribution in [0.4, 0.5) is 13.2 Å². The van der Waals surface area contributed by atoms with Crippen LogP contribution in [0.2, 0.25) is 0 Å². The minimum absolute atomic E-state index is 0.170. The van der Waals surface area contributed by atoms with Gasteiger partial charge in [0.1, 0.15) is 0 Å². The van der Waals surface area contributed by atoms with Crippen molar-refractivity contribution in [3.63, 3.8) is 0 Å². The van der Waals surface area contributed by atoms with Crippen molar-refractivity contribution in [3.05, 3.63) is 57.0 Å². The summed E-state index contributed by atoms with van der Waals surface area (Å²) in [5.74, 6) is -0.612. The van der Waals surface area contributed by atoms with E-state index in [2.05, 4.69) is 20.7 Å². The summed E-state index contributed by atoms with van der Waals surface area (Å²) in [5.41, 5.74) is 1.41. The zero-order valence-electron chi connectivity index (χ0n) is 12.0. The number of hydrazone groups is 1. The number of H-pyrrole nitrogens is 2. The van der Waals surface area contributed by atoms with Gasteiger partial charge in [0.2, 0.25) is 5.91 Å². The van der Waals surface area contributed by atoms with Gasteiger partial charge in [-0.25, -0.2) is 5.43 Å². The van der Waals surface area contributed by atoms with Gasteiger partial charge in [-0.1, -0.05) is 18.2 Å². The first kappa shape index (κ1) is 16.5. The smallest absolute Gasteiger partial charge is 0.302 e. The zero-order chi connectivity index (χ0) is 17.0. The van der Waals surface area contributed by atoms with Gasteiger partial charge in [0, 0.05) is 16.8 Å². The Kier molecular flexibility index (Phi) is 4.68. The summed E-state index contributed by atoms with van der Waals surface area (Å²) < 4.78 is 38.4. The summed E-state index contributed by atoms with van der Waals surface area (Å²) in [4.78, 5) is 23.1. The lowest BCUT2D eigenvalue weighted by molar-refractivity contribution is -0.137. The summed E-state index contributed by atoms with van der Waals surface area (Å²) in [6.45, 7) is 1.61. The molecule has 0 fully saturated rings. The maximum Gasteiger partial charge on any atom is 0.417 e. The maximum atomic E-state index is 12.8. The van der Waals surface area contributed by atoms with Crippen LogP contribution >= 0.6 is 0 Å². The van der Waals surface area contributed by atoms with Gasteiger partial charge >= 0.3 is 6.18 Å². The van der Waals surface area contributed by atoms with Crippen molar-refractivity contribution in [2.45, 2.75) is 19.5 Å². The first-order chi connectivity index (χ1) is 10.8. The molecule has 1 aromatic heterocycles. The van der Waals surface area contributed by atoms with Crippen LogP contribution in [0.15, 0.2) is 34.2 Å². The van der Waals surface area contributed by atoms with Crippen LogP contribution in [-0.4, -0.2) is 22.3 Å². The molecule has 0 radical (unpaired) electrons. The number of hydrogen-bond acceptors (Lipinski definition) is 3. The fraction of sp³-hybridized carbons (Fsp3) is 0.214. The highest BCUT2D eigenvalue weighted by molar-refractivity contribution is 5.84. The van der Waals surface area contributed by atoms with Crippen molar-refractivity contribution in [3.8, 4) is 0 Å². The fourth-order valence-corrected chi connectivity index (χ4v) is 1.93. The van der Waals surface area contributed by atoms with Gasteiger partial charge < -0.3 is 5.10 Å². The van der Waals surface area contributed by atoms with E-state index >= 15 is 0 Å². The number of carbonyl (C=O) groups is 1. The average Bonchev–Trinajstić information content (AvgIpc) is 2.78. The molecule has 0 saturated heterocycles. The third-order valence-electron chi connectivity index (χ3n) is 3.09. The Balaban J connectivity index is 2.05. The molecular weight excluding hydrogens is 313 g/mol. The SMILES string of the molecule is Cc1[nH][nH]c(=O)c1CC(=O)N/N=C\c1ccccc1C(F)(F)F. The van der Waals surface area contributed by atoms with Gasteiger partial charge in [-0.2, -0.15) is 18.3 Å². The number of nitrogens with zero attached hydrogens (tertiary/aromatic N) is 1. The highest BCUT2D eigenvalue weighted by Crippen LogP contribution is 2.30. The molecule has 122 valence electrons. The second-order valence-electron chi connectivity index (χ2n) is 4.74. The Morgan fingerprint density at radius 3 is 2.61 bits per heavy atom. The number of carbonyl (C=O) groups excluding carboxylic acids is 1. The molecule has 9 heteroatoms. The van der Waals surface area contributed by atoms with Gasteiger partial charge in [0.05, 0.1) is 18.2 Å². The lowest BCUT2D eigenvalue weighted by atomic mass is 10.1. The number of halogens is 3. The molecule has 0 saturated carbocycles. The van der Waals surface area contributed by atoms with Crippen LogP contribution in [0, 0.1) is 6.92 Å². The average molecular weight is 326 g/mol. The number of aromatic amines is 2. The molecule has 0 aliphatic rings. The normalized spacial score (nSPS) is 11.8. The number of amides is 1. The van der Waals surface area contributed by atoms with E-state index in [9.17, 15) is 22.8 Å². The Labute approximate surface area is 128 Å². The molecule has 0 bridgehead atoms. The Hall–Kier alpha value is -2.84. The van der Waals surface area contributed by atoms with Gasteiger partial charge in [-0.3, -0.25) is 14.7 Å². The summed E-state index contributed by atoms with van der Waals surface area (Å²) in [6.07, 6.45) is -3.83. The number of benzene rings is 1.